The molecule has 3 heterocycles. The number of aromatic nitrogens is 5. The van der Waals surface area contributed by atoms with Gasteiger partial charge < -0.3 is 15.2 Å². The molecule has 0 radical (unpaired) electrons. The Labute approximate surface area is 223 Å². The second-order valence-electron chi connectivity index (χ2n) is 9.39. The number of fused-ring (bicyclic) bond motifs is 1. The van der Waals surface area contributed by atoms with Gasteiger partial charge in [-0.15, -0.1) is 10.2 Å². The molecule has 196 valence electrons. The largest absolute Gasteiger partial charge is 0.506 e. The van der Waals surface area contributed by atoms with E-state index >= 15 is 0 Å². The lowest BCUT2D eigenvalue weighted by atomic mass is 9.79. The first kappa shape index (κ1) is 24.5. The predicted octanol–water partition coefficient (Wildman–Crippen LogP) is 4.80. The zero-order valence-electron chi connectivity index (χ0n) is 21.1. The van der Waals surface area contributed by atoms with Crippen molar-refractivity contribution in [2.45, 2.75) is 31.7 Å². The molecule has 5 aromatic rings. The van der Waals surface area contributed by atoms with Gasteiger partial charge in [0.2, 0.25) is 0 Å². The van der Waals surface area contributed by atoms with Gasteiger partial charge in [-0.3, -0.25) is 14.3 Å². The molecule has 1 aliphatic carbocycles. The zero-order chi connectivity index (χ0) is 26.9. The van der Waals surface area contributed by atoms with Crippen molar-refractivity contribution in [1.29, 1.82) is 0 Å². The Bertz CT molecular complexity index is 1660. The summed E-state index contributed by atoms with van der Waals surface area (Å²) in [6, 6.07) is 16.7. The number of carbonyl (C=O) groups is 1. The van der Waals surface area contributed by atoms with Crippen molar-refractivity contribution in [3.63, 3.8) is 0 Å². The molecule has 1 amide bonds. The number of aromatic hydroxyl groups is 1. The number of para-hydroxylation sites is 1. The highest BCUT2D eigenvalue weighted by Gasteiger charge is 2.36. The van der Waals surface area contributed by atoms with Crippen LogP contribution in [0.15, 0.2) is 73.1 Å². The minimum absolute atomic E-state index is 0.00300. The van der Waals surface area contributed by atoms with E-state index in [0.717, 1.165) is 0 Å². The molecule has 10 heteroatoms. The SMILES string of the molecule is CCOc1ccc(-c2nnc([C@H]3C[C@H](NC(=O)c4cccc5ncc(O)cc45)C3)n2-c2ccccc2F)nc1. The van der Waals surface area contributed by atoms with E-state index in [9.17, 15) is 14.3 Å². The van der Waals surface area contributed by atoms with Gasteiger partial charge in [-0.1, -0.05) is 18.2 Å². The van der Waals surface area contributed by atoms with E-state index in [0.29, 0.717) is 64.7 Å². The highest BCUT2D eigenvalue weighted by molar-refractivity contribution is 6.06. The summed E-state index contributed by atoms with van der Waals surface area (Å²) in [6.45, 7) is 2.42. The summed E-state index contributed by atoms with van der Waals surface area (Å²) in [5.74, 6) is 0.973. The number of nitrogens with one attached hydrogen (secondary N) is 1. The summed E-state index contributed by atoms with van der Waals surface area (Å²) in [7, 11) is 0. The quantitative estimate of drug-likeness (QED) is 0.314. The van der Waals surface area contributed by atoms with Crippen molar-refractivity contribution >= 4 is 16.8 Å². The summed E-state index contributed by atoms with van der Waals surface area (Å²) in [6.07, 6.45) is 4.19. The summed E-state index contributed by atoms with van der Waals surface area (Å²) >= 11 is 0. The van der Waals surface area contributed by atoms with Crippen LogP contribution in [0.2, 0.25) is 0 Å². The molecule has 0 spiro atoms. The fraction of sp³-hybridized carbons (Fsp3) is 0.207. The Morgan fingerprint density at radius 3 is 2.69 bits per heavy atom. The number of hydrogen-bond acceptors (Lipinski definition) is 7. The second kappa shape index (κ2) is 10.1. The molecular weight excluding hydrogens is 499 g/mol. The van der Waals surface area contributed by atoms with Crippen molar-refractivity contribution in [3.8, 4) is 28.7 Å². The van der Waals surface area contributed by atoms with Crippen LogP contribution in [0.4, 0.5) is 4.39 Å². The molecule has 0 saturated heterocycles. The summed E-state index contributed by atoms with van der Waals surface area (Å²) in [4.78, 5) is 21.7. The van der Waals surface area contributed by atoms with Gasteiger partial charge in [0.05, 0.1) is 30.2 Å². The van der Waals surface area contributed by atoms with Crippen molar-refractivity contribution in [3.05, 3.63) is 90.3 Å². The lowest BCUT2D eigenvalue weighted by Gasteiger charge is -2.35. The number of halogens is 1. The van der Waals surface area contributed by atoms with Crippen LogP contribution in [-0.4, -0.2) is 48.4 Å². The van der Waals surface area contributed by atoms with E-state index in [2.05, 4.69) is 25.5 Å². The third-order valence-electron chi connectivity index (χ3n) is 6.85. The Kier molecular flexibility index (Phi) is 6.36. The molecule has 39 heavy (non-hydrogen) atoms. The van der Waals surface area contributed by atoms with E-state index in [-0.39, 0.29) is 23.6 Å². The number of hydrogen-bond donors (Lipinski definition) is 2. The first-order chi connectivity index (χ1) is 19.0. The Morgan fingerprint density at radius 1 is 1.08 bits per heavy atom. The van der Waals surface area contributed by atoms with Crippen LogP contribution in [0.5, 0.6) is 11.5 Å². The fourth-order valence-electron chi connectivity index (χ4n) is 4.91. The average Bonchev–Trinajstić information content (AvgIpc) is 3.35. The maximum absolute atomic E-state index is 15.0. The summed E-state index contributed by atoms with van der Waals surface area (Å²) < 4.78 is 22.2. The average molecular weight is 525 g/mol. The van der Waals surface area contributed by atoms with Crippen LogP contribution >= 0.6 is 0 Å². The molecule has 1 aliphatic rings. The topological polar surface area (TPSA) is 115 Å². The molecule has 6 rings (SSSR count). The molecule has 3 aromatic heterocycles. The molecule has 0 bridgehead atoms. The number of nitrogens with zero attached hydrogens (tertiary/aromatic N) is 5. The normalized spacial score (nSPS) is 16.6. The van der Waals surface area contributed by atoms with Gasteiger partial charge in [0.25, 0.3) is 5.91 Å². The van der Waals surface area contributed by atoms with Crippen molar-refractivity contribution < 1.29 is 19.0 Å². The standard InChI is InChI=1S/C29H25FN6O3/c1-2-39-20-10-11-25(32-16-20)28-35-34-27(36(28)26-9-4-3-7-23(26)30)17-12-18(13-17)33-29(38)21-6-5-8-24-22(21)14-19(37)15-31-24/h3-11,14-18,37H,2,12-13H2,1H3,(H,33,38)/t17-,18-. The fourth-order valence-corrected chi connectivity index (χ4v) is 4.91. The van der Waals surface area contributed by atoms with Crippen molar-refractivity contribution in [2.75, 3.05) is 6.61 Å². The third kappa shape index (κ3) is 4.65. The molecule has 2 N–H and O–H groups in total. The molecule has 0 atom stereocenters. The van der Waals surface area contributed by atoms with Gasteiger partial charge in [0, 0.05) is 22.9 Å². The van der Waals surface area contributed by atoms with E-state index in [4.69, 9.17) is 4.74 Å². The lowest BCUT2D eigenvalue weighted by molar-refractivity contribution is 0.0909. The molecule has 1 saturated carbocycles. The smallest absolute Gasteiger partial charge is 0.252 e. The van der Waals surface area contributed by atoms with Crippen LogP contribution in [0.1, 0.15) is 41.9 Å². The third-order valence-corrected chi connectivity index (χ3v) is 6.85. The number of benzene rings is 2. The highest BCUT2D eigenvalue weighted by atomic mass is 19.1. The maximum atomic E-state index is 15.0. The first-order valence-electron chi connectivity index (χ1n) is 12.7. The number of rotatable bonds is 7. The van der Waals surface area contributed by atoms with Gasteiger partial charge in [-0.25, -0.2) is 9.37 Å². The summed E-state index contributed by atoms with van der Waals surface area (Å²) in [5, 5.41) is 22.3. The minimum atomic E-state index is -0.400. The molecule has 0 aliphatic heterocycles. The maximum Gasteiger partial charge on any atom is 0.252 e. The van der Waals surface area contributed by atoms with Gasteiger partial charge in [0.15, 0.2) is 5.82 Å². The van der Waals surface area contributed by atoms with E-state index in [1.807, 2.05) is 6.92 Å². The van der Waals surface area contributed by atoms with Crippen molar-refractivity contribution in [1.82, 2.24) is 30.0 Å². The number of carbonyl (C=O) groups excluding carboxylic acids is 1. The van der Waals surface area contributed by atoms with Crippen LogP contribution < -0.4 is 10.1 Å². The van der Waals surface area contributed by atoms with Gasteiger partial charge in [-0.05, 0) is 62.2 Å². The summed E-state index contributed by atoms with van der Waals surface area (Å²) in [5.41, 5.74) is 1.94. The number of ether oxygens (including phenoxy) is 1. The highest BCUT2D eigenvalue weighted by Crippen LogP contribution is 2.39. The Morgan fingerprint density at radius 2 is 1.92 bits per heavy atom. The minimum Gasteiger partial charge on any atom is -0.506 e. The van der Waals surface area contributed by atoms with E-state index in [1.165, 1.54) is 18.3 Å². The van der Waals surface area contributed by atoms with Crippen LogP contribution in [0.3, 0.4) is 0 Å². The second-order valence-corrected chi connectivity index (χ2v) is 9.39. The molecule has 0 unspecified atom stereocenters. The first-order valence-corrected chi connectivity index (χ1v) is 12.7. The molecule has 1 fully saturated rings. The Hall–Kier alpha value is -4.86. The lowest BCUT2D eigenvalue weighted by Crippen LogP contribution is -2.44. The molecule has 9 nitrogen and oxygen atoms in total. The monoisotopic (exact) mass is 524 g/mol. The van der Waals surface area contributed by atoms with E-state index < -0.39 is 5.82 Å². The van der Waals surface area contributed by atoms with Gasteiger partial charge in [0.1, 0.15) is 28.8 Å². The van der Waals surface area contributed by atoms with Gasteiger partial charge >= 0.3 is 0 Å². The number of pyridine rings is 2. The zero-order valence-corrected chi connectivity index (χ0v) is 21.1. The van der Waals surface area contributed by atoms with Crippen LogP contribution in [-0.2, 0) is 0 Å². The Balaban J connectivity index is 1.25. The van der Waals surface area contributed by atoms with Gasteiger partial charge in [-0.2, -0.15) is 0 Å². The van der Waals surface area contributed by atoms with E-state index in [1.54, 1.807) is 59.3 Å². The van der Waals surface area contributed by atoms with Crippen molar-refractivity contribution in [2.24, 2.45) is 0 Å². The molecule has 2 aromatic carbocycles. The van der Waals surface area contributed by atoms with Crippen LogP contribution in [0, 0.1) is 5.82 Å². The van der Waals surface area contributed by atoms with Crippen LogP contribution in [0.25, 0.3) is 28.1 Å². The number of amides is 1. The molecular formula is C29H25FN6O3. The predicted molar refractivity (Wildman–Crippen MR) is 142 cm³/mol.